The SMILES string of the molecule is CCCCCCC/C=C\C/C=C\C/C=C\CCCCCCCCCCCCCCCCCCCCC(=O)OC(COC(=O)CCCCCCCCCCCCCCCCCCCCC/C=C\CCCCCCCCCC)COP(=O)(O)OCCN. The first-order chi connectivity index (χ1) is 41.8. The predicted molar refractivity (Wildman–Crippen MR) is 367 cm³/mol. The van der Waals surface area contributed by atoms with Crippen molar-refractivity contribution in [1.29, 1.82) is 0 Å². The molecule has 9 nitrogen and oxygen atoms in total. The average molecular weight is 1220 g/mol. The lowest BCUT2D eigenvalue weighted by molar-refractivity contribution is -0.161. The van der Waals surface area contributed by atoms with Crippen molar-refractivity contribution in [2.75, 3.05) is 26.4 Å². The van der Waals surface area contributed by atoms with Crippen LogP contribution in [0, 0.1) is 0 Å². The van der Waals surface area contributed by atoms with Gasteiger partial charge in [-0.3, -0.25) is 18.6 Å². The second-order valence-corrected chi connectivity index (χ2v) is 26.6. The first-order valence-electron chi connectivity index (χ1n) is 37.1. The first-order valence-corrected chi connectivity index (χ1v) is 38.6. The molecule has 0 bridgehead atoms. The molecule has 0 radical (unpaired) electrons. The van der Waals surface area contributed by atoms with Gasteiger partial charge in [0.25, 0.3) is 0 Å². The molecule has 2 unspecified atom stereocenters. The second-order valence-electron chi connectivity index (χ2n) is 25.2. The fourth-order valence-corrected chi connectivity index (χ4v) is 11.9. The number of carbonyl (C=O) groups is 2. The maximum Gasteiger partial charge on any atom is 0.472 e. The Bertz CT molecular complexity index is 1530. The van der Waals surface area contributed by atoms with Crippen LogP contribution in [0.4, 0.5) is 0 Å². The summed E-state index contributed by atoms with van der Waals surface area (Å²) in [7, 11) is -4.39. The van der Waals surface area contributed by atoms with Gasteiger partial charge in [-0.1, -0.05) is 345 Å². The van der Waals surface area contributed by atoms with Crippen LogP contribution in [0.5, 0.6) is 0 Å². The highest BCUT2D eigenvalue weighted by atomic mass is 31.2. The zero-order valence-corrected chi connectivity index (χ0v) is 57.3. The van der Waals surface area contributed by atoms with Gasteiger partial charge in [-0.2, -0.15) is 0 Å². The van der Waals surface area contributed by atoms with E-state index in [9.17, 15) is 19.0 Å². The Morgan fingerprint density at radius 1 is 0.353 bits per heavy atom. The number of esters is 2. The summed E-state index contributed by atoms with van der Waals surface area (Å²) >= 11 is 0. The van der Waals surface area contributed by atoms with Crippen molar-refractivity contribution in [3.8, 4) is 0 Å². The Morgan fingerprint density at radius 3 is 0.918 bits per heavy atom. The van der Waals surface area contributed by atoms with Gasteiger partial charge in [-0.05, 0) is 77.0 Å². The number of rotatable bonds is 71. The average Bonchev–Trinajstić information content (AvgIpc) is 3.52. The van der Waals surface area contributed by atoms with Gasteiger partial charge in [0.1, 0.15) is 6.61 Å². The van der Waals surface area contributed by atoms with E-state index < -0.39 is 26.5 Å². The van der Waals surface area contributed by atoms with Crippen LogP contribution in [0.3, 0.4) is 0 Å². The van der Waals surface area contributed by atoms with Crippen LogP contribution < -0.4 is 5.73 Å². The van der Waals surface area contributed by atoms with E-state index in [1.54, 1.807) is 0 Å². The van der Waals surface area contributed by atoms with Gasteiger partial charge < -0.3 is 20.1 Å². The molecule has 0 aromatic rings. The second kappa shape index (κ2) is 71.1. The highest BCUT2D eigenvalue weighted by molar-refractivity contribution is 7.47. The summed E-state index contributed by atoms with van der Waals surface area (Å²) in [6.07, 6.45) is 90.8. The molecule has 0 aromatic heterocycles. The van der Waals surface area contributed by atoms with Crippen LogP contribution in [0.2, 0.25) is 0 Å². The number of hydrogen-bond donors (Lipinski definition) is 2. The van der Waals surface area contributed by atoms with Gasteiger partial charge in [-0.15, -0.1) is 0 Å². The summed E-state index contributed by atoms with van der Waals surface area (Å²) < 4.78 is 33.2. The third-order valence-corrected chi connectivity index (χ3v) is 17.7. The quantitative estimate of drug-likeness (QED) is 0.0264. The molecule has 0 aliphatic carbocycles. The molecule has 0 rings (SSSR count). The molecule has 0 fully saturated rings. The van der Waals surface area contributed by atoms with Crippen LogP contribution >= 0.6 is 7.82 Å². The minimum Gasteiger partial charge on any atom is -0.462 e. The van der Waals surface area contributed by atoms with Gasteiger partial charge in [0, 0.05) is 19.4 Å². The van der Waals surface area contributed by atoms with E-state index in [2.05, 4.69) is 62.5 Å². The Balaban J connectivity index is 3.81. The molecular weight excluding hydrogens is 1070 g/mol. The molecule has 0 aliphatic rings. The standard InChI is InChI=1S/C75H142NO8P/c1-3-5-7-9-11-13-15-17-19-21-23-25-27-29-31-33-35-36-38-40-42-44-46-48-50-52-54-56-58-60-62-64-66-68-75(78)84-73(72-83-85(79,80)82-70-69-76)71-81-74(77)67-65-63-61-59-57-55-53-51-49-47-45-43-41-39-37-34-32-30-28-26-24-22-20-18-16-14-12-10-8-6-4-2/h15,17,21-24,27,29,73H,3-14,16,18-20,25-26,28,30-72,76H2,1-2H3,(H,79,80)/b17-15-,23-21-,24-22-,29-27-. The summed E-state index contributed by atoms with van der Waals surface area (Å²) in [5.41, 5.74) is 5.41. The van der Waals surface area contributed by atoms with Crippen molar-refractivity contribution in [3.63, 3.8) is 0 Å². The van der Waals surface area contributed by atoms with E-state index >= 15 is 0 Å². The van der Waals surface area contributed by atoms with Crippen molar-refractivity contribution in [2.45, 2.75) is 392 Å². The number of allylic oxidation sites excluding steroid dienone is 8. The van der Waals surface area contributed by atoms with E-state index in [0.717, 1.165) is 44.9 Å². The lowest BCUT2D eigenvalue weighted by Gasteiger charge is -2.19. The van der Waals surface area contributed by atoms with Gasteiger partial charge >= 0.3 is 19.8 Å². The van der Waals surface area contributed by atoms with Crippen LogP contribution in [-0.4, -0.2) is 49.3 Å². The zero-order valence-electron chi connectivity index (χ0n) is 56.4. The summed E-state index contributed by atoms with van der Waals surface area (Å²) in [6.45, 7) is 3.80. The molecule has 0 amide bonds. The summed E-state index contributed by atoms with van der Waals surface area (Å²) in [4.78, 5) is 35.4. The van der Waals surface area contributed by atoms with Gasteiger partial charge in [-0.25, -0.2) is 4.57 Å². The lowest BCUT2D eigenvalue weighted by atomic mass is 10.0. The van der Waals surface area contributed by atoms with Crippen LogP contribution in [0.25, 0.3) is 0 Å². The van der Waals surface area contributed by atoms with E-state index in [0.29, 0.717) is 6.42 Å². The number of carbonyl (C=O) groups excluding carboxylic acids is 2. The predicted octanol–water partition coefficient (Wildman–Crippen LogP) is 24.4. The first kappa shape index (κ1) is 83.0. The number of unbranched alkanes of at least 4 members (excludes halogenated alkanes) is 50. The van der Waals surface area contributed by atoms with E-state index in [4.69, 9.17) is 24.3 Å². The van der Waals surface area contributed by atoms with Gasteiger partial charge in [0.15, 0.2) is 6.10 Å². The Morgan fingerprint density at radius 2 is 0.612 bits per heavy atom. The lowest BCUT2D eigenvalue weighted by Crippen LogP contribution is -2.29. The molecule has 3 N–H and O–H groups in total. The third kappa shape index (κ3) is 70.9. The fourth-order valence-electron chi connectivity index (χ4n) is 11.2. The summed E-state index contributed by atoms with van der Waals surface area (Å²) in [6, 6.07) is 0. The molecule has 0 spiro atoms. The number of hydrogen-bond acceptors (Lipinski definition) is 8. The number of ether oxygens (including phenoxy) is 2. The van der Waals surface area contributed by atoms with Gasteiger partial charge in [0.05, 0.1) is 13.2 Å². The monoisotopic (exact) mass is 1220 g/mol. The Kier molecular flexibility index (Phi) is 69.4. The Labute approximate surface area is 527 Å². The zero-order chi connectivity index (χ0) is 61.6. The van der Waals surface area contributed by atoms with Crippen molar-refractivity contribution < 1.29 is 37.6 Å². The summed E-state index contributed by atoms with van der Waals surface area (Å²) in [5, 5.41) is 0. The molecule has 0 aromatic carbocycles. The number of nitrogens with two attached hydrogens (primary N) is 1. The van der Waals surface area contributed by atoms with Crippen molar-refractivity contribution in [3.05, 3.63) is 48.6 Å². The maximum absolute atomic E-state index is 12.8. The smallest absolute Gasteiger partial charge is 0.462 e. The maximum atomic E-state index is 12.8. The summed E-state index contributed by atoms with van der Waals surface area (Å²) in [5.74, 6) is -0.806. The molecule has 85 heavy (non-hydrogen) atoms. The van der Waals surface area contributed by atoms with Crippen LogP contribution in [0.15, 0.2) is 48.6 Å². The molecule has 2 atom stereocenters. The van der Waals surface area contributed by atoms with Crippen LogP contribution in [-0.2, 0) is 32.7 Å². The van der Waals surface area contributed by atoms with E-state index in [1.165, 1.54) is 308 Å². The van der Waals surface area contributed by atoms with E-state index in [1.807, 2.05) is 0 Å². The van der Waals surface area contributed by atoms with Crippen molar-refractivity contribution in [1.82, 2.24) is 0 Å². The van der Waals surface area contributed by atoms with Gasteiger partial charge in [0.2, 0.25) is 0 Å². The molecule has 0 aliphatic heterocycles. The molecular formula is C75H142NO8P. The minimum atomic E-state index is -4.39. The largest absolute Gasteiger partial charge is 0.472 e. The fraction of sp³-hybridized carbons (Fsp3) is 0.867. The molecule has 10 heteroatoms. The van der Waals surface area contributed by atoms with E-state index in [-0.39, 0.29) is 38.6 Å². The Hall–Kier alpha value is -2.03. The number of phosphoric acid groups is 1. The molecule has 0 saturated carbocycles. The van der Waals surface area contributed by atoms with Crippen molar-refractivity contribution >= 4 is 19.8 Å². The topological polar surface area (TPSA) is 134 Å². The third-order valence-electron chi connectivity index (χ3n) is 16.7. The normalized spacial score (nSPS) is 13.1. The van der Waals surface area contributed by atoms with Crippen LogP contribution in [0.1, 0.15) is 386 Å². The highest BCUT2D eigenvalue weighted by Gasteiger charge is 2.26. The number of phosphoric ester groups is 1. The minimum absolute atomic E-state index is 0.0553. The molecule has 500 valence electrons. The molecule has 0 heterocycles. The highest BCUT2D eigenvalue weighted by Crippen LogP contribution is 2.43. The van der Waals surface area contributed by atoms with Crippen molar-refractivity contribution in [2.24, 2.45) is 5.73 Å². The molecule has 0 saturated heterocycles.